The fourth-order valence-electron chi connectivity index (χ4n) is 4.21. The summed E-state index contributed by atoms with van der Waals surface area (Å²) in [5.41, 5.74) is 1.46. The topological polar surface area (TPSA) is 30.9 Å². The maximum atomic E-state index is 4.53. The summed E-state index contributed by atoms with van der Waals surface area (Å²) in [6.45, 7) is 5.83. The standard InChI is InChI=1S/C21H34N4/c1-22-21(23-12-8-18-9-13-24(2)14-10-18)25-15-11-20(17-25)16-19-6-4-3-5-7-19/h3-7,18,20H,8-17H2,1-2H3,(H,22,23). The van der Waals surface area contributed by atoms with E-state index >= 15 is 0 Å². The quantitative estimate of drug-likeness (QED) is 0.659. The van der Waals surface area contributed by atoms with Crippen molar-refractivity contribution in [2.24, 2.45) is 16.8 Å². The molecule has 0 saturated carbocycles. The predicted octanol–water partition coefficient (Wildman–Crippen LogP) is 2.86. The van der Waals surface area contributed by atoms with Crippen LogP contribution in [0.4, 0.5) is 0 Å². The highest BCUT2D eigenvalue weighted by Gasteiger charge is 2.25. The molecule has 1 aromatic rings. The molecule has 0 radical (unpaired) electrons. The molecular formula is C21H34N4. The smallest absolute Gasteiger partial charge is 0.193 e. The van der Waals surface area contributed by atoms with E-state index in [0.717, 1.165) is 37.4 Å². The molecule has 0 amide bonds. The molecular weight excluding hydrogens is 308 g/mol. The Bertz CT molecular complexity index is 534. The summed E-state index contributed by atoms with van der Waals surface area (Å²) >= 11 is 0. The molecule has 0 spiro atoms. The lowest BCUT2D eigenvalue weighted by Gasteiger charge is -2.29. The van der Waals surface area contributed by atoms with E-state index in [-0.39, 0.29) is 0 Å². The number of hydrogen-bond donors (Lipinski definition) is 1. The van der Waals surface area contributed by atoms with Crippen molar-refractivity contribution in [2.45, 2.75) is 32.1 Å². The fraction of sp³-hybridized carbons (Fsp3) is 0.667. The Hall–Kier alpha value is -1.55. The number of aliphatic imine (C=N–C) groups is 1. The minimum absolute atomic E-state index is 0.745. The monoisotopic (exact) mass is 342 g/mol. The van der Waals surface area contributed by atoms with Gasteiger partial charge in [0.05, 0.1) is 0 Å². The highest BCUT2D eigenvalue weighted by molar-refractivity contribution is 5.80. The van der Waals surface area contributed by atoms with Crippen LogP contribution in [0, 0.1) is 11.8 Å². The zero-order chi connectivity index (χ0) is 17.5. The average Bonchev–Trinajstić information content (AvgIpc) is 3.09. The van der Waals surface area contributed by atoms with Crippen LogP contribution in [0.5, 0.6) is 0 Å². The zero-order valence-electron chi connectivity index (χ0n) is 16.0. The van der Waals surface area contributed by atoms with Gasteiger partial charge >= 0.3 is 0 Å². The first-order chi connectivity index (χ1) is 12.2. The minimum Gasteiger partial charge on any atom is -0.356 e. The van der Waals surface area contributed by atoms with Crippen LogP contribution in [-0.2, 0) is 6.42 Å². The van der Waals surface area contributed by atoms with Gasteiger partial charge in [-0.05, 0) is 69.6 Å². The molecule has 138 valence electrons. The number of guanidine groups is 1. The fourth-order valence-corrected chi connectivity index (χ4v) is 4.21. The van der Waals surface area contributed by atoms with E-state index in [1.807, 2.05) is 7.05 Å². The SMILES string of the molecule is CN=C(NCCC1CCN(C)CC1)N1CCC(Cc2ccccc2)C1. The molecule has 3 rings (SSSR count). The van der Waals surface area contributed by atoms with E-state index in [1.165, 1.54) is 50.8 Å². The van der Waals surface area contributed by atoms with Crippen molar-refractivity contribution in [3.8, 4) is 0 Å². The predicted molar refractivity (Wildman–Crippen MR) is 106 cm³/mol. The van der Waals surface area contributed by atoms with Gasteiger partial charge in [-0.1, -0.05) is 30.3 Å². The van der Waals surface area contributed by atoms with Crippen LogP contribution in [0.1, 0.15) is 31.2 Å². The van der Waals surface area contributed by atoms with Crippen molar-refractivity contribution in [1.29, 1.82) is 0 Å². The summed E-state index contributed by atoms with van der Waals surface area (Å²) in [7, 11) is 4.15. The lowest BCUT2D eigenvalue weighted by atomic mass is 9.94. The Morgan fingerprint density at radius 1 is 1.08 bits per heavy atom. The number of nitrogens with one attached hydrogen (secondary N) is 1. The second-order valence-electron chi connectivity index (χ2n) is 7.80. The summed E-state index contributed by atoms with van der Waals surface area (Å²) < 4.78 is 0. The third-order valence-electron chi connectivity index (χ3n) is 5.84. The van der Waals surface area contributed by atoms with Crippen LogP contribution < -0.4 is 5.32 Å². The van der Waals surface area contributed by atoms with Crippen LogP contribution in [0.2, 0.25) is 0 Å². The molecule has 2 heterocycles. The highest BCUT2D eigenvalue weighted by atomic mass is 15.3. The number of nitrogens with zero attached hydrogens (tertiary/aromatic N) is 3. The van der Waals surface area contributed by atoms with Crippen LogP contribution in [0.25, 0.3) is 0 Å². The maximum Gasteiger partial charge on any atom is 0.193 e. The Morgan fingerprint density at radius 2 is 1.80 bits per heavy atom. The van der Waals surface area contributed by atoms with Gasteiger partial charge in [-0.25, -0.2) is 0 Å². The number of hydrogen-bond acceptors (Lipinski definition) is 2. The number of rotatable bonds is 5. The lowest BCUT2D eigenvalue weighted by Crippen LogP contribution is -2.41. The zero-order valence-corrected chi connectivity index (χ0v) is 16.0. The van der Waals surface area contributed by atoms with Crippen LogP contribution in [0.3, 0.4) is 0 Å². The molecule has 0 aliphatic carbocycles. The lowest BCUT2D eigenvalue weighted by molar-refractivity contribution is 0.212. The number of likely N-dealkylation sites (tertiary alicyclic amines) is 2. The molecule has 2 aliphatic heterocycles. The molecule has 1 N–H and O–H groups in total. The van der Waals surface area contributed by atoms with Gasteiger partial charge in [0.1, 0.15) is 0 Å². The summed E-state index contributed by atoms with van der Waals surface area (Å²) in [4.78, 5) is 9.42. The maximum absolute atomic E-state index is 4.53. The Morgan fingerprint density at radius 3 is 2.52 bits per heavy atom. The molecule has 2 aliphatic rings. The van der Waals surface area contributed by atoms with E-state index in [0.29, 0.717) is 0 Å². The normalized spacial score (nSPS) is 23.2. The summed E-state index contributed by atoms with van der Waals surface area (Å²) in [6.07, 6.45) is 6.42. The van der Waals surface area contributed by atoms with Crippen LogP contribution in [-0.4, -0.2) is 62.6 Å². The first-order valence-electron chi connectivity index (χ1n) is 9.92. The number of piperidine rings is 1. The molecule has 0 aromatic heterocycles. The molecule has 4 heteroatoms. The third-order valence-corrected chi connectivity index (χ3v) is 5.84. The molecule has 0 bridgehead atoms. The molecule has 2 saturated heterocycles. The number of benzene rings is 1. The van der Waals surface area contributed by atoms with Crippen LogP contribution in [0.15, 0.2) is 35.3 Å². The van der Waals surface area contributed by atoms with Crippen molar-refractivity contribution in [3.05, 3.63) is 35.9 Å². The first kappa shape index (κ1) is 18.2. The van der Waals surface area contributed by atoms with Crippen molar-refractivity contribution >= 4 is 5.96 Å². The summed E-state index contributed by atoms with van der Waals surface area (Å²) in [5.74, 6) is 2.73. The molecule has 4 nitrogen and oxygen atoms in total. The second kappa shape index (κ2) is 9.23. The van der Waals surface area contributed by atoms with Gasteiger partial charge in [0.25, 0.3) is 0 Å². The van der Waals surface area contributed by atoms with E-state index in [2.05, 4.69) is 57.5 Å². The van der Waals surface area contributed by atoms with Gasteiger partial charge in [0.15, 0.2) is 5.96 Å². The van der Waals surface area contributed by atoms with Crippen LogP contribution >= 0.6 is 0 Å². The molecule has 1 atom stereocenters. The third kappa shape index (κ3) is 5.46. The molecule has 1 unspecified atom stereocenters. The van der Waals surface area contributed by atoms with Gasteiger partial charge < -0.3 is 15.1 Å². The van der Waals surface area contributed by atoms with Crippen molar-refractivity contribution in [2.75, 3.05) is 46.8 Å². The van der Waals surface area contributed by atoms with E-state index < -0.39 is 0 Å². The van der Waals surface area contributed by atoms with E-state index in [4.69, 9.17) is 0 Å². The van der Waals surface area contributed by atoms with Crippen molar-refractivity contribution in [1.82, 2.24) is 15.1 Å². The average molecular weight is 343 g/mol. The summed E-state index contributed by atoms with van der Waals surface area (Å²) in [6, 6.07) is 10.9. The van der Waals surface area contributed by atoms with Crippen molar-refractivity contribution < 1.29 is 0 Å². The van der Waals surface area contributed by atoms with Crippen molar-refractivity contribution in [3.63, 3.8) is 0 Å². The minimum atomic E-state index is 0.745. The molecule has 1 aromatic carbocycles. The molecule has 25 heavy (non-hydrogen) atoms. The summed E-state index contributed by atoms with van der Waals surface area (Å²) in [5, 5.41) is 3.62. The van der Waals surface area contributed by atoms with Gasteiger partial charge in [0, 0.05) is 26.7 Å². The van der Waals surface area contributed by atoms with E-state index in [1.54, 1.807) is 0 Å². The first-order valence-corrected chi connectivity index (χ1v) is 9.92. The van der Waals surface area contributed by atoms with Gasteiger partial charge in [0.2, 0.25) is 0 Å². The van der Waals surface area contributed by atoms with Gasteiger partial charge in [-0.3, -0.25) is 4.99 Å². The van der Waals surface area contributed by atoms with E-state index in [9.17, 15) is 0 Å². The largest absolute Gasteiger partial charge is 0.356 e. The Balaban J connectivity index is 1.40. The highest BCUT2D eigenvalue weighted by Crippen LogP contribution is 2.21. The molecule has 2 fully saturated rings. The van der Waals surface area contributed by atoms with Gasteiger partial charge in [-0.15, -0.1) is 0 Å². The Kier molecular flexibility index (Phi) is 6.74. The Labute approximate surface area is 153 Å². The second-order valence-corrected chi connectivity index (χ2v) is 7.80. The van der Waals surface area contributed by atoms with Gasteiger partial charge in [-0.2, -0.15) is 0 Å².